The molecule has 0 saturated heterocycles. The number of hydrogen-bond donors (Lipinski definition) is 1. The molecule has 1 atom stereocenters. The van der Waals surface area contributed by atoms with Gasteiger partial charge in [-0.2, -0.15) is 0 Å². The van der Waals surface area contributed by atoms with Crippen LogP contribution in [-0.2, 0) is 13.0 Å². The van der Waals surface area contributed by atoms with E-state index in [2.05, 4.69) is 38.8 Å². The van der Waals surface area contributed by atoms with Crippen molar-refractivity contribution in [1.29, 1.82) is 0 Å². The summed E-state index contributed by atoms with van der Waals surface area (Å²) in [7, 11) is 4.32. The molecule has 0 amide bonds. The summed E-state index contributed by atoms with van der Waals surface area (Å²) < 4.78 is 25.3. The average molecular weight is 411 g/mol. The van der Waals surface area contributed by atoms with Crippen LogP contribution in [0.4, 0.5) is 10.1 Å². The molecule has 3 rings (SSSR count). The molecule has 0 aliphatic carbocycles. The maximum absolute atomic E-state index is 14.4. The van der Waals surface area contributed by atoms with Gasteiger partial charge in [-0.3, -0.25) is 0 Å². The average Bonchev–Trinajstić information content (AvgIpc) is 2.74. The Labute approximate surface area is 174 Å². The van der Waals surface area contributed by atoms with E-state index in [4.69, 9.17) is 9.47 Å². The predicted molar refractivity (Wildman–Crippen MR) is 121 cm³/mol. The molecule has 3 aromatic rings. The van der Waals surface area contributed by atoms with Crippen molar-refractivity contribution >= 4 is 20.2 Å². The van der Waals surface area contributed by atoms with Crippen molar-refractivity contribution in [2.75, 3.05) is 19.0 Å². The third kappa shape index (κ3) is 6.47. The van der Waals surface area contributed by atoms with Crippen molar-refractivity contribution in [3.05, 3.63) is 83.7 Å². The lowest BCUT2D eigenvalue weighted by molar-refractivity contribution is 0.305. The van der Waals surface area contributed by atoms with Gasteiger partial charge in [0.1, 0.15) is 17.3 Å². The van der Waals surface area contributed by atoms with Crippen LogP contribution in [0.2, 0.25) is 0 Å². The van der Waals surface area contributed by atoms with E-state index < -0.39 is 0 Å². The van der Waals surface area contributed by atoms with Crippen LogP contribution in [0.3, 0.4) is 0 Å². The summed E-state index contributed by atoms with van der Waals surface area (Å²) >= 11 is 0. The minimum Gasteiger partial charge on any atom is -0.497 e. The topological polar surface area (TPSA) is 30.5 Å². The molecule has 5 heteroatoms. The zero-order chi connectivity index (χ0) is 20.5. The number of aryl methyl sites for hydroxylation is 1. The number of unbranched alkanes of at least 4 members (excludes halogenated alkanes) is 1. The molecule has 0 aliphatic rings. The first-order valence-corrected chi connectivity index (χ1v) is 10.4. The summed E-state index contributed by atoms with van der Waals surface area (Å²) in [5.74, 6) is 1.05. The lowest BCUT2D eigenvalue weighted by Crippen LogP contribution is -2.09. The molecule has 152 valence electrons. The standard InChI is InChI=1S/C24H27FNO2P/c1-27-20-11-10-19(24(29)16-20)17-26-23-13-12-21(15-22(23)25)28-14-6-5-9-18-7-3-2-4-8-18/h2-4,7-8,10-13,15-16,26H,5-6,9,14,17,29H2,1H3. The monoisotopic (exact) mass is 411 g/mol. The minimum atomic E-state index is -0.314. The molecule has 0 aromatic heterocycles. The highest BCUT2D eigenvalue weighted by molar-refractivity contribution is 7.27. The highest BCUT2D eigenvalue weighted by Crippen LogP contribution is 2.22. The number of halogens is 1. The van der Waals surface area contributed by atoms with Gasteiger partial charge in [-0.25, -0.2) is 4.39 Å². The fourth-order valence-electron chi connectivity index (χ4n) is 3.05. The molecule has 0 radical (unpaired) electrons. The Bertz CT molecular complexity index is 918. The second-order valence-corrected chi connectivity index (χ2v) is 7.47. The second-order valence-electron chi connectivity index (χ2n) is 6.85. The summed E-state index contributed by atoms with van der Waals surface area (Å²) in [6.07, 6.45) is 3.01. The molecule has 0 fully saturated rings. The van der Waals surface area contributed by atoms with Gasteiger partial charge >= 0.3 is 0 Å². The number of ether oxygens (including phenoxy) is 2. The molecule has 0 heterocycles. The van der Waals surface area contributed by atoms with Crippen LogP contribution in [0.5, 0.6) is 11.5 Å². The van der Waals surface area contributed by atoms with Crippen LogP contribution in [0.1, 0.15) is 24.0 Å². The van der Waals surface area contributed by atoms with Gasteiger partial charge in [0.25, 0.3) is 0 Å². The summed E-state index contributed by atoms with van der Waals surface area (Å²) in [5, 5.41) is 4.17. The Morgan fingerprint density at radius 3 is 2.45 bits per heavy atom. The van der Waals surface area contributed by atoms with Gasteiger partial charge in [-0.1, -0.05) is 36.4 Å². The Balaban J connectivity index is 1.44. The Morgan fingerprint density at radius 1 is 0.931 bits per heavy atom. The zero-order valence-electron chi connectivity index (χ0n) is 16.7. The van der Waals surface area contributed by atoms with Crippen molar-refractivity contribution in [3.8, 4) is 11.5 Å². The van der Waals surface area contributed by atoms with E-state index in [-0.39, 0.29) is 5.82 Å². The third-order valence-corrected chi connectivity index (χ3v) is 5.27. The molecule has 0 aliphatic heterocycles. The van der Waals surface area contributed by atoms with E-state index in [0.717, 1.165) is 35.9 Å². The largest absolute Gasteiger partial charge is 0.497 e. The summed E-state index contributed by atoms with van der Waals surface area (Å²) in [5.41, 5.74) is 2.86. The van der Waals surface area contributed by atoms with Gasteiger partial charge in [0.15, 0.2) is 0 Å². The highest BCUT2D eigenvalue weighted by Gasteiger charge is 2.06. The van der Waals surface area contributed by atoms with Gasteiger partial charge in [-0.05, 0) is 60.0 Å². The molecule has 3 nitrogen and oxygen atoms in total. The molecular formula is C24H27FNO2P. The first kappa shape index (κ1) is 21.1. The van der Waals surface area contributed by atoms with Crippen molar-refractivity contribution in [2.24, 2.45) is 0 Å². The number of methoxy groups -OCH3 is 1. The maximum Gasteiger partial charge on any atom is 0.149 e. The van der Waals surface area contributed by atoms with E-state index in [1.807, 2.05) is 24.3 Å². The Morgan fingerprint density at radius 2 is 1.72 bits per heavy atom. The summed E-state index contributed by atoms with van der Waals surface area (Å²) in [4.78, 5) is 0. The van der Waals surface area contributed by atoms with Crippen LogP contribution in [0.15, 0.2) is 66.7 Å². The second kappa shape index (κ2) is 10.8. The van der Waals surface area contributed by atoms with Crippen LogP contribution in [0.25, 0.3) is 0 Å². The number of benzene rings is 3. The van der Waals surface area contributed by atoms with Crippen molar-refractivity contribution in [1.82, 2.24) is 0 Å². The predicted octanol–water partition coefficient (Wildman–Crippen LogP) is 5.35. The molecular weight excluding hydrogens is 384 g/mol. The van der Waals surface area contributed by atoms with Crippen LogP contribution >= 0.6 is 9.24 Å². The van der Waals surface area contributed by atoms with E-state index in [1.54, 1.807) is 19.2 Å². The number of nitrogens with one attached hydrogen (secondary N) is 1. The maximum atomic E-state index is 14.4. The van der Waals surface area contributed by atoms with Gasteiger partial charge in [-0.15, -0.1) is 9.24 Å². The van der Waals surface area contributed by atoms with Crippen LogP contribution in [0, 0.1) is 5.82 Å². The minimum absolute atomic E-state index is 0.314. The first-order valence-electron chi connectivity index (χ1n) is 9.78. The lowest BCUT2D eigenvalue weighted by Gasteiger charge is -2.12. The van der Waals surface area contributed by atoms with E-state index >= 15 is 0 Å². The van der Waals surface area contributed by atoms with Crippen molar-refractivity contribution < 1.29 is 13.9 Å². The van der Waals surface area contributed by atoms with Crippen molar-refractivity contribution in [2.45, 2.75) is 25.8 Å². The van der Waals surface area contributed by atoms with E-state index in [1.165, 1.54) is 11.6 Å². The molecule has 0 spiro atoms. The van der Waals surface area contributed by atoms with E-state index in [0.29, 0.717) is 24.6 Å². The number of rotatable bonds is 10. The van der Waals surface area contributed by atoms with Crippen LogP contribution < -0.4 is 20.1 Å². The lowest BCUT2D eigenvalue weighted by atomic mass is 10.1. The van der Waals surface area contributed by atoms with Crippen molar-refractivity contribution in [3.63, 3.8) is 0 Å². The number of hydrogen-bond acceptors (Lipinski definition) is 3. The van der Waals surface area contributed by atoms with Gasteiger partial charge < -0.3 is 14.8 Å². The van der Waals surface area contributed by atoms with E-state index in [9.17, 15) is 4.39 Å². The quantitative estimate of drug-likeness (QED) is 0.360. The smallest absolute Gasteiger partial charge is 0.149 e. The Hall–Kier alpha value is -2.58. The zero-order valence-corrected chi connectivity index (χ0v) is 17.8. The fraction of sp³-hybridized carbons (Fsp3) is 0.250. The Kier molecular flexibility index (Phi) is 7.89. The molecule has 29 heavy (non-hydrogen) atoms. The molecule has 0 bridgehead atoms. The molecule has 0 saturated carbocycles. The van der Waals surface area contributed by atoms with Crippen LogP contribution in [-0.4, -0.2) is 13.7 Å². The highest BCUT2D eigenvalue weighted by atomic mass is 31.0. The molecule has 1 unspecified atom stereocenters. The first-order chi connectivity index (χ1) is 14.2. The normalized spacial score (nSPS) is 10.6. The number of anilines is 1. The third-order valence-electron chi connectivity index (χ3n) is 4.73. The fourth-order valence-corrected chi connectivity index (χ4v) is 3.41. The summed E-state index contributed by atoms with van der Waals surface area (Å²) in [6, 6.07) is 21.2. The molecule has 3 aromatic carbocycles. The molecule has 1 N–H and O–H groups in total. The SMILES string of the molecule is COc1ccc(CNc2ccc(OCCCCc3ccccc3)cc2F)c(P)c1. The summed E-state index contributed by atoms with van der Waals surface area (Å²) in [6.45, 7) is 1.11. The van der Waals surface area contributed by atoms with Gasteiger partial charge in [0.2, 0.25) is 0 Å². The van der Waals surface area contributed by atoms with Gasteiger partial charge in [0.05, 0.1) is 19.4 Å². The van der Waals surface area contributed by atoms with Gasteiger partial charge in [0, 0.05) is 12.6 Å².